The highest BCUT2D eigenvalue weighted by Gasteiger charge is 2.09. The lowest BCUT2D eigenvalue weighted by molar-refractivity contribution is 0.0985. The summed E-state index contributed by atoms with van der Waals surface area (Å²) in [6, 6.07) is 11.9. The molecular weight excluding hydrogens is 244 g/mol. The highest BCUT2D eigenvalue weighted by Crippen LogP contribution is 2.27. The molecule has 0 amide bonds. The first kappa shape index (κ1) is 11.2. The van der Waals surface area contributed by atoms with Crippen molar-refractivity contribution in [2.45, 2.75) is 13.3 Å². The number of fused-ring (bicyclic) bond motifs is 1. The second-order valence-corrected chi connectivity index (χ2v) is 5.17. The number of thiophene rings is 1. The van der Waals surface area contributed by atoms with E-state index in [1.165, 1.54) is 22.6 Å². The molecule has 0 aliphatic heterocycles. The molecule has 2 aromatic heterocycles. The second-order valence-electron chi connectivity index (χ2n) is 4.26. The molecule has 2 heterocycles. The van der Waals surface area contributed by atoms with Gasteiger partial charge in [-0.15, -0.1) is 11.3 Å². The third-order valence-electron chi connectivity index (χ3n) is 2.93. The van der Waals surface area contributed by atoms with Crippen molar-refractivity contribution in [1.82, 2.24) is 0 Å². The zero-order valence-electron chi connectivity index (χ0n) is 9.97. The highest BCUT2D eigenvalue weighted by molar-refractivity contribution is 7.17. The summed E-state index contributed by atoms with van der Waals surface area (Å²) in [4.78, 5) is 11.2. The number of furan rings is 1. The van der Waals surface area contributed by atoms with Gasteiger partial charge < -0.3 is 4.42 Å². The Labute approximate surface area is 109 Å². The van der Waals surface area contributed by atoms with E-state index in [1.54, 1.807) is 17.4 Å². The molecule has 0 aliphatic rings. The van der Waals surface area contributed by atoms with Crippen LogP contribution in [0.3, 0.4) is 0 Å². The van der Waals surface area contributed by atoms with Gasteiger partial charge >= 0.3 is 0 Å². The lowest BCUT2D eigenvalue weighted by Crippen LogP contribution is -1.87. The van der Waals surface area contributed by atoms with Crippen LogP contribution in [0, 0.1) is 0 Å². The van der Waals surface area contributed by atoms with Crippen LogP contribution in [0.4, 0.5) is 0 Å². The van der Waals surface area contributed by atoms with Crippen molar-refractivity contribution in [3.05, 3.63) is 58.9 Å². The van der Waals surface area contributed by atoms with Crippen molar-refractivity contribution >= 4 is 27.2 Å². The summed E-state index contributed by atoms with van der Waals surface area (Å²) >= 11 is 1.74. The van der Waals surface area contributed by atoms with Crippen LogP contribution in [0.5, 0.6) is 0 Å². The normalized spacial score (nSPS) is 10.9. The number of ketones is 1. The van der Waals surface area contributed by atoms with Gasteiger partial charge in [-0.3, -0.25) is 4.79 Å². The smallest absolute Gasteiger partial charge is 0.194 e. The average molecular weight is 256 g/mol. The van der Waals surface area contributed by atoms with Gasteiger partial charge in [0.05, 0.1) is 0 Å². The van der Waals surface area contributed by atoms with Crippen LogP contribution < -0.4 is 0 Å². The van der Waals surface area contributed by atoms with E-state index >= 15 is 0 Å². The molecule has 3 rings (SSSR count). The van der Waals surface area contributed by atoms with Crippen molar-refractivity contribution in [3.63, 3.8) is 0 Å². The van der Waals surface area contributed by atoms with Gasteiger partial charge in [-0.1, -0.05) is 18.2 Å². The minimum absolute atomic E-state index is 0.0311. The molecule has 0 aliphatic carbocycles. The molecule has 0 saturated carbocycles. The quantitative estimate of drug-likeness (QED) is 0.654. The number of rotatable bonds is 3. The zero-order chi connectivity index (χ0) is 12.5. The fraction of sp³-hybridized carbons (Fsp3) is 0.133. The van der Waals surface area contributed by atoms with E-state index in [4.69, 9.17) is 4.42 Å². The predicted molar refractivity (Wildman–Crippen MR) is 73.3 cm³/mol. The van der Waals surface area contributed by atoms with Crippen LogP contribution in [-0.2, 0) is 6.42 Å². The Morgan fingerprint density at radius 3 is 2.83 bits per heavy atom. The van der Waals surface area contributed by atoms with Crippen molar-refractivity contribution in [1.29, 1.82) is 0 Å². The Kier molecular flexibility index (Phi) is 2.76. The number of hydrogen-bond donors (Lipinski definition) is 0. The lowest BCUT2D eigenvalue weighted by Gasteiger charge is -1.96. The standard InChI is InChI=1S/C15H12O2S/c1-10(16)14-7-6-12(17-14)8-11-9-18-15-5-3-2-4-13(11)15/h2-7,9H,8H2,1H3. The summed E-state index contributed by atoms with van der Waals surface area (Å²) in [5.41, 5.74) is 1.25. The number of hydrogen-bond acceptors (Lipinski definition) is 3. The van der Waals surface area contributed by atoms with Crippen LogP contribution in [-0.4, -0.2) is 5.78 Å². The van der Waals surface area contributed by atoms with Crippen molar-refractivity contribution < 1.29 is 9.21 Å². The molecule has 0 saturated heterocycles. The number of benzene rings is 1. The van der Waals surface area contributed by atoms with Gasteiger partial charge in [-0.25, -0.2) is 0 Å². The van der Waals surface area contributed by atoms with E-state index in [2.05, 4.69) is 17.5 Å². The summed E-state index contributed by atoms with van der Waals surface area (Å²) in [7, 11) is 0. The Hall–Kier alpha value is -1.87. The minimum Gasteiger partial charge on any atom is -0.458 e. The number of Topliss-reactive ketones (excluding diaryl/α,β-unsaturated/α-hetero) is 1. The van der Waals surface area contributed by atoms with Gasteiger partial charge in [-0.05, 0) is 34.5 Å². The molecule has 3 aromatic rings. The predicted octanol–water partition coefficient (Wildman–Crippen LogP) is 4.29. The van der Waals surface area contributed by atoms with Crippen LogP contribution in [0.1, 0.15) is 28.8 Å². The molecule has 90 valence electrons. The van der Waals surface area contributed by atoms with Gasteiger partial charge in [0.2, 0.25) is 0 Å². The molecule has 0 radical (unpaired) electrons. The summed E-state index contributed by atoms with van der Waals surface area (Å²) < 4.78 is 6.81. The molecule has 0 spiro atoms. The topological polar surface area (TPSA) is 30.2 Å². The highest BCUT2D eigenvalue weighted by atomic mass is 32.1. The molecule has 0 N–H and O–H groups in total. The molecule has 2 nitrogen and oxygen atoms in total. The summed E-state index contributed by atoms with van der Waals surface area (Å²) in [6.07, 6.45) is 0.733. The summed E-state index contributed by atoms with van der Waals surface area (Å²) in [5, 5.41) is 3.42. The van der Waals surface area contributed by atoms with E-state index in [9.17, 15) is 4.79 Å². The Bertz CT molecular complexity index is 706. The van der Waals surface area contributed by atoms with Crippen molar-refractivity contribution in [2.75, 3.05) is 0 Å². The van der Waals surface area contributed by atoms with Gasteiger partial charge in [-0.2, -0.15) is 0 Å². The van der Waals surface area contributed by atoms with Crippen LogP contribution in [0.2, 0.25) is 0 Å². The molecule has 18 heavy (non-hydrogen) atoms. The maximum absolute atomic E-state index is 11.2. The first-order valence-electron chi connectivity index (χ1n) is 5.79. The summed E-state index contributed by atoms with van der Waals surface area (Å²) in [6.45, 7) is 1.52. The van der Waals surface area contributed by atoms with E-state index in [0.29, 0.717) is 5.76 Å². The molecular formula is C15H12O2S. The van der Waals surface area contributed by atoms with Crippen LogP contribution >= 0.6 is 11.3 Å². The Morgan fingerprint density at radius 2 is 2.06 bits per heavy atom. The summed E-state index contributed by atoms with van der Waals surface area (Å²) in [5.74, 6) is 1.24. The maximum atomic E-state index is 11.2. The zero-order valence-corrected chi connectivity index (χ0v) is 10.8. The number of carbonyl (C=O) groups excluding carboxylic acids is 1. The third kappa shape index (κ3) is 1.97. The molecule has 0 unspecified atom stereocenters. The second kappa shape index (κ2) is 4.42. The first-order chi connectivity index (χ1) is 8.74. The van der Waals surface area contributed by atoms with E-state index < -0.39 is 0 Å². The fourth-order valence-corrected chi connectivity index (χ4v) is 2.98. The van der Waals surface area contributed by atoms with Gasteiger partial charge in [0.25, 0.3) is 0 Å². The Morgan fingerprint density at radius 1 is 1.22 bits per heavy atom. The van der Waals surface area contributed by atoms with E-state index in [0.717, 1.165) is 12.2 Å². The fourth-order valence-electron chi connectivity index (χ4n) is 2.02. The molecule has 0 bridgehead atoms. The minimum atomic E-state index is -0.0311. The largest absolute Gasteiger partial charge is 0.458 e. The van der Waals surface area contributed by atoms with Gasteiger partial charge in [0, 0.05) is 18.0 Å². The van der Waals surface area contributed by atoms with E-state index in [-0.39, 0.29) is 5.78 Å². The van der Waals surface area contributed by atoms with Crippen molar-refractivity contribution in [3.8, 4) is 0 Å². The lowest BCUT2D eigenvalue weighted by atomic mass is 10.1. The SMILES string of the molecule is CC(=O)c1ccc(Cc2csc3ccccc23)o1. The Balaban J connectivity index is 1.93. The monoisotopic (exact) mass is 256 g/mol. The van der Waals surface area contributed by atoms with Gasteiger partial charge in [0.15, 0.2) is 11.5 Å². The molecule has 1 aromatic carbocycles. The molecule has 0 atom stereocenters. The van der Waals surface area contributed by atoms with Crippen LogP contribution in [0.25, 0.3) is 10.1 Å². The number of carbonyl (C=O) groups is 1. The van der Waals surface area contributed by atoms with Gasteiger partial charge in [0.1, 0.15) is 5.76 Å². The van der Waals surface area contributed by atoms with Crippen LogP contribution in [0.15, 0.2) is 46.2 Å². The van der Waals surface area contributed by atoms with E-state index in [1.807, 2.05) is 18.2 Å². The average Bonchev–Trinajstić information content (AvgIpc) is 2.98. The molecule has 3 heteroatoms. The molecule has 0 fully saturated rings. The first-order valence-corrected chi connectivity index (χ1v) is 6.67. The van der Waals surface area contributed by atoms with Crippen molar-refractivity contribution in [2.24, 2.45) is 0 Å². The third-order valence-corrected chi connectivity index (χ3v) is 3.95. The maximum Gasteiger partial charge on any atom is 0.194 e.